The topological polar surface area (TPSA) is 75.4 Å². The highest BCUT2D eigenvalue weighted by atomic mass is 32.2. The number of aliphatic hydroxyl groups is 1. The first-order valence-electron chi connectivity index (χ1n) is 5.97. The number of nitro benzene ring substituents is 1. The number of rotatable bonds is 9. The van der Waals surface area contributed by atoms with Crippen molar-refractivity contribution in [1.82, 2.24) is 5.32 Å². The maximum absolute atomic E-state index is 10.5. The predicted molar refractivity (Wildman–Crippen MR) is 78.4 cm³/mol. The lowest BCUT2D eigenvalue weighted by molar-refractivity contribution is -0.384. The molecule has 0 aliphatic heterocycles. The van der Waals surface area contributed by atoms with Crippen molar-refractivity contribution in [3.8, 4) is 0 Å². The van der Waals surface area contributed by atoms with E-state index < -0.39 is 11.0 Å². The molecular weight excluding hydrogens is 264 g/mol. The number of hydrogen-bond acceptors (Lipinski definition) is 5. The quantitative estimate of drug-likeness (QED) is 0.314. The molecule has 5 nitrogen and oxygen atoms in total. The van der Waals surface area contributed by atoms with Gasteiger partial charge in [-0.3, -0.25) is 10.1 Å². The van der Waals surface area contributed by atoms with Crippen LogP contribution in [0.1, 0.15) is 11.7 Å². The number of nitro groups is 1. The first-order valence-corrected chi connectivity index (χ1v) is 7.12. The van der Waals surface area contributed by atoms with Gasteiger partial charge in [0.05, 0.1) is 11.0 Å². The van der Waals surface area contributed by atoms with Crippen LogP contribution < -0.4 is 5.32 Å². The van der Waals surface area contributed by atoms with Crippen molar-refractivity contribution in [3.63, 3.8) is 0 Å². The average molecular weight is 282 g/mol. The Bertz CT molecular complexity index is 409. The lowest BCUT2D eigenvalue weighted by Crippen LogP contribution is -2.23. The minimum absolute atomic E-state index is 0.0322. The van der Waals surface area contributed by atoms with E-state index in [1.807, 2.05) is 6.08 Å². The first-order chi connectivity index (χ1) is 9.15. The van der Waals surface area contributed by atoms with Gasteiger partial charge in [-0.1, -0.05) is 6.08 Å². The van der Waals surface area contributed by atoms with Crippen molar-refractivity contribution in [3.05, 3.63) is 52.6 Å². The predicted octanol–water partition coefficient (Wildman–Crippen LogP) is 2.14. The second kappa shape index (κ2) is 8.68. The minimum atomic E-state index is -0.648. The van der Waals surface area contributed by atoms with Crippen LogP contribution in [0.25, 0.3) is 0 Å². The van der Waals surface area contributed by atoms with Crippen LogP contribution in [-0.2, 0) is 0 Å². The molecule has 0 aliphatic rings. The zero-order chi connectivity index (χ0) is 14.1. The molecule has 104 valence electrons. The van der Waals surface area contributed by atoms with Crippen LogP contribution in [0.5, 0.6) is 0 Å². The molecule has 1 atom stereocenters. The molecule has 0 heterocycles. The summed E-state index contributed by atoms with van der Waals surface area (Å²) in [4.78, 5) is 10.0. The summed E-state index contributed by atoms with van der Waals surface area (Å²) in [6.45, 7) is 4.88. The highest BCUT2D eigenvalue weighted by molar-refractivity contribution is 7.99. The molecule has 1 rings (SSSR count). The Hall–Kier alpha value is -1.37. The SMILES string of the molecule is C=CCSCCNCC(O)c1ccc([N+](=O)[O-])cc1. The highest BCUT2D eigenvalue weighted by Gasteiger charge is 2.09. The molecule has 0 aliphatic carbocycles. The Morgan fingerprint density at radius 3 is 2.74 bits per heavy atom. The van der Waals surface area contributed by atoms with E-state index in [1.165, 1.54) is 12.1 Å². The normalized spacial score (nSPS) is 12.1. The van der Waals surface area contributed by atoms with E-state index in [4.69, 9.17) is 0 Å². The summed E-state index contributed by atoms with van der Waals surface area (Å²) in [5.74, 6) is 1.88. The van der Waals surface area contributed by atoms with E-state index in [0.29, 0.717) is 12.1 Å². The average Bonchev–Trinajstić information content (AvgIpc) is 2.42. The van der Waals surface area contributed by atoms with Gasteiger partial charge in [-0.2, -0.15) is 11.8 Å². The van der Waals surface area contributed by atoms with Crippen LogP contribution in [0.2, 0.25) is 0 Å². The number of nitrogens with zero attached hydrogens (tertiary/aromatic N) is 1. The molecule has 0 saturated carbocycles. The third kappa shape index (κ3) is 5.87. The Kier molecular flexibility index (Phi) is 7.17. The van der Waals surface area contributed by atoms with Crippen LogP contribution in [0, 0.1) is 10.1 Å². The molecular formula is C13H18N2O3S. The molecule has 0 saturated heterocycles. The van der Waals surface area contributed by atoms with Crippen molar-refractivity contribution in [1.29, 1.82) is 0 Å². The Balaban J connectivity index is 2.30. The molecule has 1 unspecified atom stereocenters. The van der Waals surface area contributed by atoms with Crippen molar-refractivity contribution in [2.45, 2.75) is 6.10 Å². The summed E-state index contributed by atoms with van der Waals surface area (Å²) in [6, 6.07) is 5.96. The van der Waals surface area contributed by atoms with E-state index in [0.717, 1.165) is 18.1 Å². The van der Waals surface area contributed by atoms with Crippen LogP contribution in [-0.4, -0.2) is 34.6 Å². The van der Waals surface area contributed by atoms with Crippen LogP contribution in [0.3, 0.4) is 0 Å². The first kappa shape index (κ1) is 15.7. The molecule has 0 amide bonds. The molecule has 19 heavy (non-hydrogen) atoms. The third-order valence-electron chi connectivity index (χ3n) is 2.49. The van der Waals surface area contributed by atoms with Crippen molar-refractivity contribution in [2.75, 3.05) is 24.6 Å². The Morgan fingerprint density at radius 2 is 2.16 bits per heavy atom. The number of nitrogens with one attached hydrogen (secondary N) is 1. The van der Waals surface area contributed by atoms with Gasteiger partial charge in [0.2, 0.25) is 0 Å². The fraction of sp³-hybridized carbons (Fsp3) is 0.385. The van der Waals surface area contributed by atoms with Gasteiger partial charge in [0.25, 0.3) is 5.69 Å². The van der Waals surface area contributed by atoms with Gasteiger partial charge in [-0.15, -0.1) is 6.58 Å². The third-order valence-corrected chi connectivity index (χ3v) is 3.45. The number of hydrogen-bond donors (Lipinski definition) is 2. The largest absolute Gasteiger partial charge is 0.387 e. The molecule has 0 bridgehead atoms. The number of aliphatic hydroxyl groups excluding tert-OH is 1. The smallest absolute Gasteiger partial charge is 0.269 e. The molecule has 2 N–H and O–H groups in total. The van der Waals surface area contributed by atoms with Gasteiger partial charge in [0, 0.05) is 36.7 Å². The van der Waals surface area contributed by atoms with E-state index in [1.54, 1.807) is 23.9 Å². The minimum Gasteiger partial charge on any atom is -0.387 e. The standard InChI is InChI=1S/C13H18N2O3S/c1-2-8-19-9-7-14-10-13(16)11-3-5-12(6-4-11)15(17)18/h2-6,13-14,16H,1,7-10H2. The number of non-ortho nitro benzene ring substituents is 1. The van der Waals surface area contributed by atoms with Crippen LogP contribution in [0.4, 0.5) is 5.69 Å². The van der Waals surface area contributed by atoms with Gasteiger partial charge < -0.3 is 10.4 Å². The molecule has 6 heteroatoms. The Labute approximate surface area is 116 Å². The van der Waals surface area contributed by atoms with Crippen molar-refractivity contribution >= 4 is 17.4 Å². The zero-order valence-corrected chi connectivity index (χ0v) is 11.4. The Morgan fingerprint density at radius 1 is 1.47 bits per heavy atom. The molecule has 0 spiro atoms. The summed E-state index contributed by atoms with van der Waals surface area (Å²) in [7, 11) is 0. The summed E-state index contributed by atoms with van der Waals surface area (Å²) in [5, 5.41) is 23.5. The number of thioether (sulfide) groups is 1. The second-order valence-corrected chi connectivity index (χ2v) is 5.08. The summed E-state index contributed by atoms with van der Waals surface area (Å²) in [6.07, 6.45) is 1.21. The second-order valence-electron chi connectivity index (χ2n) is 3.93. The van der Waals surface area contributed by atoms with E-state index in [9.17, 15) is 15.2 Å². The van der Waals surface area contributed by atoms with E-state index >= 15 is 0 Å². The molecule has 0 aromatic heterocycles. The van der Waals surface area contributed by atoms with Gasteiger partial charge in [0.1, 0.15) is 0 Å². The molecule has 1 aromatic rings. The van der Waals surface area contributed by atoms with Gasteiger partial charge >= 0.3 is 0 Å². The monoisotopic (exact) mass is 282 g/mol. The van der Waals surface area contributed by atoms with Gasteiger partial charge in [-0.05, 0) is 17.7 Å². The van der Waals surface area contributed by atoms with Crippen molar-refractivity contribution < 1.29 is 10.0 Å². The molecule has 0 radical (unpaired) electrons. The van der Waals surface area contributed by atoms with Gasteiger partial charge in [-0.25, -0.2) is 0 Å². The molecule has 0 fully saturated rings. The van der Waals surface area contributed by atoms with E-state index in [-0.39, 0.29) is 5.69 Å². The fourth-order valence-electron chi connectivity index (χ4n) is 1.49. The zero-order valence-electron chi connectivity index (χ0n) is 10.6. The summed E-state index contributed by atoms with van der Waals surface area (Å²) in [5.41, 5.74) is 0.710. The number of benzene rings is 1. The van der Waals surface area contributed by atoms with Crippen molar-refractivity contribution in [2.24, 2.45) is 0 Å². The molecule has 1 aromatic carbocycles. The lowest BCUT2D eigenvalue weighted by Gasteiger charge is -2.11. The van der Waals surface area contributed by atoms with Crippen LogP contribution >= 0.6 is 11.8 Å². The van der Waals surface area contributed by atoms with E-state index in [2.05, 4.69) is 11.9 Å². The lowest BCUT2D eigenvalue weighted by atomic mass is 10.1. The summed E-state index contributed by atoms with van der Waals surface area (Å²) < 4.78 is 0. The van der Waals surface area contributed by atoms with Crippen LogP contribution in [0.15, 0.2) is 36.9 Å². The van der Waals surface area contributed by atoms with Gasteiger partial charge in [0.15, 0.2) is 0 Å². The summed E-state index contributed by atoms with van der Waals surface area (Å²) >= 11 is 1.77. The maximum Gasteiger partial charge on any atom is 0.269 e. The highest BCUT2D eigenvalue weighted by Crippen LogP contribution is 2.17. The fourth-order valence-corrected chi connectivity index (χ4v) is 2.11. The maximum atomic E-state index is 10.5.